The van der Waals surface area contributed by atoms with Gasteiger partial charge in [-0.1, -0.05) is 6.07 Å². The predicted octanol–water partition coefficient (Wildman–Crippen LogP) is 4.18. The fourth-order valence-corrected chi connectivity index (χ4v) is 3.61. The van der Waals surface area contributed by atoms with E-state index in [1.54, 1.807) is 36.6 Å². The fraction of sp³-hybridized carbons (Fsp3) is 0.353. The van der Waals surface area contributed by atoms with E-state index >= 15 is 0 Å². The van der Waals surface area contributed by atoms with Crippen LogP contribution >= 0.6 is 22.7 Å². The second-order valence-electron chi connectivity index (χ2n) is 4.82. The molecule has 124 valence electrons. The van der Waals surface area contributed by atoms with Crippen LogP contribution in [-0.4, -0.2) is 19.6 Å². The van der Waals surface area contributed by atoms with Crippen molar-refractivity contribution in [1.29, 1.82) is 0 Å². The maximum absolute atomic E-state index is 11.8. The molecule has 0 aliphatic rings. The second kappa shape index (κ2) is 8.74. The summed E-state index contributed by atoms with van der Waals surface area (Å²) in [7, 11) is 1.79. The third kappa shape index (κ3) is 5.11. The number of carbonyl (C=O) groups excluding carboxylic acids is 1. The molecule has 0 aliphatic carbocycles. The lowest BCUT2D eigenvalue weighted by molar-refractivity contribution is -0.142. The molecule has 1 N–H and O–H groups in total. The van der Waals surface area contributed by atoms with Crippen molar-refractivity contribution in [1.82, 2.24) is 5.32 Å². The van der Waals surface area contributed by atoms with Gasteiger partial charge in [-0.15, -0.1) is 22.7 Å². The molecule has 0 radical (unpaired) electrons. The highest BCUT2D eigenvalue weighted by Crippen LogP contribution is 2.27. The van der Waals surface area contributed by atoms with Crippen molar-refractivity contribution < 1.29 is 14.3 Å². The van der Waals surface area contributed by atoms with Gasteiger partial charge in [0.15, 0.2) is 5.76 Å². The van der Waals surface area contributed by atoms with E-state index in [1.165, 1.54) is 4.88 Å². The number of carbonyl (C=O) groups is 1. The number of nitrogens with one attached hydrogen (secondary N) is 1. The molecule has 4 nitrogen and oxygen atoms in total. The van der Waals surface area contributed by atoms with Crippen LogP contribution in [-0.2, 0) is 20.9 Å². The average molecular weight is 351 g/mol. The Kier molecular flexibility index (Phi) is 6.67. The van der Waals surface area contributed by atoms with Gasteiger partial charge in [0.25, 0.3) is 0 Å². The summed E-state index contributed by atoms with van der Waals surface area (Å²) in [4.78, 5) is 15.2. The second-order valence-corrected chi connectivity index (χ2v) is 7.14. The fourth-order valence-electron chi connectivity index (χ4n) is 2.06. The van der Waals surface area contributed by atoms with Crippen molar-refractivity contribution in [3.63, 3.8) is 0 Å². The number of rotatable bonds is 8. The standard InChI is InChI=1S/C17H21NO3S2/c1-4-20-16(19)10-14(18-3)17(15-6-5-9-22-15)21-11-13-8-7-12(2)23-13/h5-9,18H,4,10-11H2,1-3H3/b17-14-. The topological polar surface area (TPSA) is 47.6 Å². The maximum Gasteiger partial charge on any atom is 0.311 e. The van der Waals surface area contributed by atoms with Crippen LogP contribution in [0.15, 0.2) is 35.3 Å². The van der Waals surface area contributed by atoms with Crippen molar-refractivity contribution in [3.8, 4) is 0 Å². The molecule has 0 spiro atoms. The summed E-state index contributed by atoms with van der Waals surface area (Å²) >= 11 is 3.30. The molecule has 0 saturated heterocycles. The molecule has 2 aromatic rings. The average Bonchev–Trinajstić information content (AvgIpc) is 3.18. The molecule has 2 heterocycles. The highest BCUT2D eigenvalue weighted by atomic mass is 32.1. The van der Waals surface area contributed by atoms with Gasteiger partial charge in [-0.2, -0.15) is 0 Å². The Morgan fingerprint density at radius 1 is 1.26 bits per heavy atom. The van der Waals surface area contributed by atoms with Gasteiger partial charge in [0.05, 0.1) is 23.6 Å². The van der Waals surface area contributed by atoms with Gasteiger partial charge >= 0.3 is 5.97 Å². The first-order chi connectivity index (χ1) is 11.1. The Morgan fingerprint density at radius 3 is 2.65 bits per heavy atom. The van der Waals surface area contributed by atoms with Crippen molar-refractivity contribution in [2.24, 2.45) is 0 Å². The van der Waals surface area contributed by atoms with Gasteiger partial charge in [0.2, 0.25) is 0 Å². The van der Waals surface area contributed by atoms with Crippen LogP contribution in [0.5, 0.6) is 0 Å². The molecule has 0 aromatic carbocycles. The SMILES string of the molecule is CCOC(=O)C/C(NC)=C(/OCc1ccc(C)s1)c1cccs1. The molecular weight excluding hydrogens is 330 g/mol. The number of esters is 1. The van der Waals surface area contributed by atoms with Crippen molar-refractivity contribution in [2.45, 2.75) is 26.9 Å². The lowest BCUT2D eigenvalue weighted by Crippen LogP contribution is -2.16. The van der Waals surface area contributed by atoms with Gasteiger partial charge in [-0.05, 0) is 37.4 Å². The first-order valence-corrected chi connectivity index (χ1v) is 9.12. The third-order valence-corrected chi connectivity index (χ3v) is 4.94. The minimum atomic E-state index is -0.263. The Morgan fingerprint density at radius 2 is 2.09 bits per heavy atom. The molecule has 6 heteroatoms. The highest BCUT2D eigenvalue weighted by molar-refractivity contribution is 7.12. The highest BCUT2D eigenvalue weighted by Gasteiger charge is 2.16. The van der Waals surface area contributed by atoms with Crippen LogP contribution in [0.3, 0.4) is 0 Å². The van der Waals surface area contributed by atoms with E-state index < -0.39 is 0 Å². The molecule has 2 aromatic heterocycles. The quantitative estimate of drug-likeness (QED) is 0.573. The molecule has 0 saturated carbocycles. The van der Waals surface area contributed by atoms with E-state index in [0.29, 0.717) is 19.0 Å². The van der Waals surface area contributed by atoms with E-state index in [2.05, 4.69) is 24.4 Å². The summed E-state index contributed by atoms with van der Waals surface area (Å²) in [5.41, 5.74) is 0.735. The molecule has 0 aliphatic heterocycles. The van der Waals surface area contributed by atoms with Crippen LogP contribution < -0.4 is 5.32 Å². The molecule has 0 atom stereocenters. The largest absolute Gasteiger partial charge is 0.485 e. The van der Waals surface area contributed by atoms with E-state index in [4.69, 9.17) is 9.47 Å². The Bertz CT molecular complexity index is 659. The Labute approximate surface area is 144 Å². The van der Waals surface area contributed by atoms with Gasteiger partial charge in [-0.3, -0.25) is 4.79 Å². The molecule has 23 heavy (non-hydrogen) atoms. The zero-order valence-corrected chi connectivity index (χ0v) is 15.2. The van der Waals surface area contributed by atoms with Gasteiger partial charge in [0, 0.05) is 16.8 Å². The minimum Gasteiger partial charge on any atom is -0.485 e. The molecule has 2 rings (SSSR count). The molecule has 0 unspecified atom stereocenters. The van der Waals surface area contributed by atoms with E-state index in [-0.39, 0.29) is 12.4 Å². The monoisotopic (exact) mass is 351 g/mol. The van der Waals surface area contributed by atoms with Crippen LogP contribution in [0.2, 0.25) is 0 Å². The number of aryl methyl sites for hydroxylation is 1. The summed E-state index contributed by atoms with van der Waals surface area (Å²) in [5, 5.41) is 5.08. The number of hydrogen-bond donors (Lipinski definition) is 1. The number of thiophene rings is 2. The Hall–Kier alpha value is -1.79. The van der Waals surface area contributed by atoms with Crippen molar-refractivity contribution in [3.05, 3.63) is 50.0 Å². The third-order valence-electron chi connectivity index (χ3n) is 3.10. The summed E-state index contributed by atoms with van der Waals surface area (Å²) in [6.07, 6.45) is 0.168. The minimum absolute atomic E-state index is 0.168. The maximum atomic E-state index is 11.8. The lowest BCUT2D eigenvalue weighted by Gasteiger charge is -2.15. The molecule has 0 fully saturated rings. The summed E-state index contributed by atoms with van der Waals surface area (Å²) in [5.74, 6) is 0.447. The summed E-state index contributed by atoms with van der Waals surface area (Å²) < 4.78 is 11.1. The molecular formula is C17H21NO3S2. The van der Waals surface area contributed by atoms with Gasteiger partial charge < -0.3 is 14.8 Å². The normalized spacial score (nSPS) is 11.8. The van der Waals surface area contributed by atoms with Crippen molar-refractivity contribution in [2.75, 3.05) is 13.7 Å². The first-order valence-electron chi connectivity index (χ1n) is 7.42. The first kappa shape index (κ1) is 17.6. The summed E-state index contributed by atoms with van der Waals surface area (Å²) in [6, 6.07) is 8.10. The molecule has 0 bridgehead atoms. The van der Waals surface area contributed by atoms with Crippen LogP contribution in [0, 0.1) is 6.92 Å². The molecule has 0 amide bonds. The van der Waals surface area contributed by atoms with E-state index in [9.17, 15) is 4.79 Å². The van der Waals surface area contributed by atoms with Crippen LogP contribution in [0.25, 0.3) is 5.76 Å². The van der Waals surface area contributed by atoms with Crippen LogP contribution in [0.1, 0.15) is 28.0 Å². The lowest BCUT2D eigenvalue weighted by atomic mass is 10.2. The van der Waals surface area contributed by atoms with E-state index in [0.717, 1.165) is 15.5 Å². The summed E-state index contributed by atoms with van der Waals surface area (Å²) in [6.45, 7) is 4.74. The zero-order valence-electron chi connectivity index (χ0n) is 13.5. The smallest absolute Gasteiger partial charge is 0.311 e. The number of hydrogen-bond acceptors (Lipinski definition) is 6. The van der Waals surface area contributed by atoms with Gasteiger partial charge in [0.1, 0.15) is 6.61 Å². The predicted molar refractivity (Wildman–Crippen MR) is 95.4 cm³/mol. The van der Waals surface area contributed by atoms with E-state index in [1.807, 2.05) is 17.5 Å². The Balaban J connectivity index is 2.21. The number of ether oxygens (including phenoxy) is 2. The van der Waals surface area contributed by atoms with Crippen molar-refractivity contribution >= 4 is 34.4 Å². The van der Waals surface area contributed by atoms with Crippen LogP contribution in [0.4, 0.5) is 0 Å². The van der Waals surface area contributed by atoms with Gasteiger partial charge in [-0.25, -0.2) is 0 Å². The zero-order chi connectivity index (χ0) is 16.7.